The zero-order chi connectivity index (χ0) is 19.3. The first kappa shape index (κ1) is 19.5. The maximum absolute atomic E-state index is 12.8. The molecule has 0 heterocycles. The molecule has 2 aromatic carbocycles. The van der Waals surface area contributed by atoms with Crippen LogP contribution in [0.25, 0.3) is 0 Å². The van der Waals surface area contributed by atoms with Crippen molar-refractivity contribution in [3.63, 3.8) is 0 Å². The third kappa shape index (κ3) is 4.43. The lowest BCUT2D eigenvalue weighted by Crippen LogP contribution is -2.27. The molecule has 0 unspecified atom stereocenters. The second-order valence-corrected chi connectivity index (χ2v) is 5.94. The lowest BCUT2D eigenvalue weighted by atomic mass is 10.1. The molecule has 0 saturated heterocycles. The molecule has 0 radical (unpaired) electrons. The van der Waals surface area contributed by atoms with Crippen molar-refractivity contribution < 1.29 is 19.2 Å². The summed E-state index contributed by atoms with van der Waals surface area (Å²) in [6, 6.07) is 9.61. The molecule has 0 aliphatic heterocycles. The first-order valence-electron chi connectivity index (χ1n) is 7.86. The van der Waals surface area contributed by atoms with Crippen LogP contribution in [0.15, 0.2) is 36.4 Å². The van der Waals surface area contributed by atoms with Gasteiger partial charge in [0.15, 0.2) is 11.5 Å². The van der Waals surface area contributed by atoms with E-state index in [1.54, 1.807) is 32.2 Å². The first-order chi connectivity index (χ1) is 12.4. The van der Waals surface area contributed by atoms with Crippen LogP contribution in [0.3, 0.4) is 0 Å². The molecule has 2 rings (SSSR count). The summed E-state index contributed by atoms with van der Waals surface area (Å²) in [4.78, 5) is 25.0. The Morgan fingerprint density at radius 2 is 2.00 bits per heavy atom. The molecule has 0 N–H and O–H groups in total. The van der Waals surface area contributed by atoms with Gasteiger partial charge in [-0.25, -0.2) is 0 Å². The molecule has 7 nitrogen and oxygen atoms in total. The van der Waals surface area contributed by atoms with Gasteiger partial charge in [0.05, 0.1) is 24.7 Å². The minimum atomic E-state index is -0.612. The number of nitro groups is 1. The third-order valence-corrected chi connectivity index (χ3v) is 3.90. The standard InChI is InChI=1S/C18H19ClN2O5/c1-4-26-17-9-14(15(21(23)24)10-16(17)25-3)18(22)20(2)11-12-6-5-7-13(19)8-12/h5-10H,4,11H2,1-3H3. The second kappa shape index (κ2) is 8.53. The summed E-state index contributed by atoms with van der Waals surface area (Å²) in [6.07, 6.45) is 0. The lowest BCUT2D eigenvalue weighted by Gasteiger charge is -2.18. The van der Waals surface area contributed by atoms with Gasteiger partial charge in [-0.05, 0) is 24.6 Å². The average molecular weight is 379 g/mol. The van der Waals surface area contributed by atoms with Crippen LogP contribution in [0.1, 0.15) is 22.8 Å². The summed E-state index contributed by atoms with van der Waals surface area (Å²) in [7, 11) is 2.95. The lowest BCUT2D eigenvalue weighted by molar-refractivity contribution is -0.385. The van der Waals surface area contributed by atoms with E-state index < -0.39 is 10.8 Å². The average Bonchev–Trinajstić information content (AvgIpc) is 2.60. The molecular weight excluding hydrogens is 360 g/mol. The molecule has 8 heteroatoms. The molecular formula is C18H19ClN2O5. The van der Waals surface area contributed by atoms with Gasteiger partial charge in [0.1, 0.15) is 5.56 Å². The Morgan fingerprint density at radius 1 is 1.27 bits per heavy atom. The normalized spacial score (nSPS) is 10.3. The summed E-state index contributed by atoms with van der Waals surface area (Å²) in [5.41, 5.74) is 0.409. The Balaban J connectivity index is 2.39. The molecule has 2 aromatic rings. The molecule has 0 saturated carbocycles. The van der Waals surface area contributed by atoms with E-state index in [0.29, 0.717) is 11.6 Å². The highest BCUT2D eigenvalue weighted by Gasteiger charge is 2.26. The highest BCUT2D eigenvalue weighted by Crippen LogP contribution is 2.35. The van der Waals surface area contributed by atoms with Gasteiger partial charge in [-0.15, -0.1) is 0 Å². The molecule has 138 valence electrons. The van der Waals surface area contributed by atoms with Crippen LogP contribution in [-0.2, 0) is 6.54 Å². The van der Waals surface area contributed by atoms with Crippen molar-refractivity contribution >= 4 is 23.2 Å². The number of methoxy groups -OCH3 is 1. The number of hydrogen-bond acceptors (Lipinski definition) is 5. The van der Waals surface area contributed by atoms with Gasteiger partial charge in [0, 0.05) is 24.7 Å². The van der Waals surface area contributed by atoms with Gasteiger partial charge >= 0.3 is 0 Å². The quantitative estimate of drug-likeness (QED) is 0.538. The van der Waals surface area contributed by atoms with E-state index >= 15 is 0 Å². The second-order valence-electron chi connectivity index (χ2n) is 5.50. The maximum atomic E-state index is 12.8. The van der Waals surface area contributed by atoms with Crippen LogP contribution < -0.4 is 9.47 Å². The molecule has 0 bridgehead atoms. The predicted octanol–water partition coefficient (Wildman–Crippen LogP) is 3.93. The Kier molecular flexibility index (Phi) is 6.41. The zero-order valence-electron chi connectivity index (χ0n) is 14.7. The number of amides is 1. The Morgan fingerprint density at radius 3 is 2.58 bits per heavy atom. The summed E-state index contributed by atoms with van der Waals surface area (Å²) in [5, 5.41) is 12.0. The summed E-state index contributed by atoms with van der Waals surface area (Å²) in [5.74, 6) is -0.0204. The van der Waals surface area contributed by atoms with Crippen LogP contribution in [0.4, 0.5) is 5.69 Å². The smallest absolute Gasteiger partial charge is 0.286 e. The number of carbonyl (C=O) groups excluding carboxylic acids is 1. The van der Waals surface area contributed by atoms with E-state index in [0.717, 1.165) is 5.56 Å². The van der Waals surface area contributed by atoms with Crippen LogP contribution in [0.5, 0.6) is 11.5 Å². The van der Waals surface area contributed by atoms with Crippen molar-refractivity contribution in [2.45, 2.75) is 13.5 Å². The van der Waals surface area contributed by atoms with E-state index in [-0.39, 0.29) is 29.3 Å². The van der Waals surface area contributed by atoms with Crippen LogP contribution in [-0.4, -0.2) is 36.5 Å². The molecule has 1 amide bonds. The zero-order valence-corrected chi connectivity index (χ0v) is 15.4. The summed E-state index contributed by atoms with van der Waals surface area (Å²) < 4.78 is 10.6. The molecule has 0 fully saturated rings. The maximum Gasteiger partial charge on any atom is 0.286 e. The fraction of sp³-hybridized carbons (Fsp3) is 0.278. The predicted molar refractivity (Wildman–Crippen MR) is 98.1 cm³/mol. The van der Waals surface area contributed by atoms with Gasteiger partial charge in [0.2, 0.25) is 0 Å². The SMILES string of the molecule is CCOc1cc(C(=O)N(C)Cc2cccc(Cl)c2)c([N+](=O)[O-])cc1OC. The van der Waals surface area contributed by atoms with Gasteiger partial charge in [-0.1, -0.05) is 23.7 Å². The van der Waals surface area contributed by atoms with Gasteiger partial charge in [-0.2, -0.15) is 0 Å². The van der Waals surface area contributed by atoms with Crippen LogP contribution >= 0.6 is 11.6 Å². The largest absolute Gasteiger partial charge is 0.493 e. The number of halogens is 1. The number of rotatable bonds is 7. The monoisotopic (exact) mass is 378 g/mol. The highest BCUT2D eigenvalue weighted by molar-refractivity contribution is 6.30. The van der Waals surface area contributed by atoms with Gasteiger partial charge in [0.25, 0.3) is 11.6 Å². The fourth-order valence-electron chi connectivity index (χ4n) is 2.49. The number of nitrogens with zero attached hydrogens (tertiary/aromatic N) is 2. The molecule has 0 spiro atoms. The minimum absolute atomic E-state index is 0.0659. The highest BCUT2D eigenvalue weighted by atomic mass is 35.5. The van der Waals surface area contributed by atoms with E-state index in [1.807, 2.05) is 6.07 Å². The third-order valence-electron chi connectivity index (χ3n) is 3.66. The molecule has 26 heavy (non-hydrogen) atoms. The Labute approximate surface area is 156 Å². The van der Waals surface area contributed by atoms with Crippen molar-refractivity contribution in [3.8, 4) is 11.5 Å². The van der Waals surface area contributed by atoms with Crippen molar-refractivity contribution in [2.75, 3.05) is 20.8 Å². The van der Waals surface area contributed by atoms with Crippen LogP contribution in [0.2, 0.25) is 5.02 Å². The minimum Gasteiger partial charge on any atom is -0.493 e. The topological polar surface area (TPSA) is 81.9 Å². The van der Waals surface area contributed by atoms with Gasteiger partial charge < -0.3 is 14.4 Å². The van der Waals surface area contributed by atoms with Crippen LogP contribution in [0, 0.1) is 10.1 Å². The van der Waals surface area contributed by atoms with E-state index in [9.17, 15) is 14.9 Å². The Hall–Kier alpha value is -2.80. The number of ether oxygens (including phenoxy) is 2. The van der Waals surface area contributed by atoms with Crippen molar-refractivity contribution in [1.29, 1.82) is 0 Å². The molecule has 0 atom stereocenters. The number of benzene rings is 2. The number of hydrogen-bond donors (Lipinski definition) is 0. The van der Waals surface area contributed by atoms with Crippen molar-refractivity contribution in [3.05, 3.63) is 62.7 Å². The van der Waals surface area contributed by atoms with E-state index in [1.165, 1.54) is 24.1 Å². The summed E-state index contributed by atoms with van der Waals surface area (Å²) >= 11 is 5.96. The van der Waals surface area contributed by atoms with Gasteiger partial charge in [-0.3, -0.25) is 14.9 Å². The van der Waals surface area contributed by atoms with Crippen molar-refractivity contribution in [2.24, 2.45) is 0 Å². The number of carbonyl (C=O) groups is 1. The molecule has 0 aliphatic carbocycles. The first-order valence-corrected chi connectivity index (χ1v) is 8.24. The fourth-order valence-corrected chi connectivity index (χ4v) is 2.70. The molecule has 0 aliphatic rings. The summed E-state index contributed by atoms with van der Waals surface area (Å²) in [6.45, 7) is 2.36. The van der Waals surface area contributed by atoms with E-state index in [2.05, 4.69) is 0 Å². The van der Waals surface area contributed by atoms with E-state index in [4.69, 9.17) is 21.1 Å². The molecule has 0 aromatic heterocycles. The number of nitro benzene ring substituents is 1. The Bertz CT molecular complexity index is 825. The van der Waals surface area contributed by atoms with Crippen molar-refractivity contribution in [1.82, 2.24) is 4.90 Å².